The van der Waals surface area contributed by atoms with E-state index in [-0.39, 0.29) is 25.3 Å². The zero-order valence-corrected chi connectivity index (χ0v) is 16.2. The number of nitrogens with two attached hydrogens (primary N) is 2. The van der Waals surface area contributed by atoms with Crippen molar-refractivity contribution in [3.8, 4) is 0 Å². The first-order chi connectivity index (χ1) is 15.5. The molecule has 0 aliphatic heterocycles. The third-order valence-electron chi connectivity index (χ3n) is 4.48. The number of rotatable bonds is 10. The Morgan fingerprint density at radius 3 is 2.67 bits per heavy atom. The number of guanidine groups is 1. The molecule has 10 N–H and O–H groups in total. The molecule has 0 fully saturated rings. The molecule has 0 spiro atoms. The van der Waals surface area contributed by atoms with Gasteiger partial charge >= 0.3 is 0 Å². The van der Waals surface area contributed by atoms with Crippen LogP contribution in [0.1, 0.15) is 29.4 Å². The van der Waals surface area contributed by atoms with Gasteiger partial charge < -0.3 is 26.7 Å². The number of nitrogens with one attached hydrogen (secondary N) is 6. The molecule has 11 heteroatoms. The van der Waals surface area contributed by atoms with E-state index in [9.17, 15) is 14.4 Å². The second-order valence-corrected chi connectivity index (χ2v) is 6.64. The smallest absolute Gasteiger partial charge is 0.256 e. The van der Waals surface area contributed by atoms with Crippen molar-refractivity contribution in [2.45, 2.75) is 38.2 Å². The van der Waals surface area contributed by atoms with Crippen molar-refractivity contribution in [2.75, 3.05) is 6.54 Å². The quantitative estimate of drug-likeness (QED) is 0.0605. The molecule has 1 aromatic heterocycles. The van der Waals surface area contributed by atoms with Gasteiger partial charge in [-0.2, -0.15) is 0 Å². The molecule has 2 unspecified atom stereocenters. The van der Waals surface area contributed by atoms with E-state index < -0.39 is 36.7 Å². The number of amides is 3. The van der Waals surface area contributed by atoms with Crippen LogP contribution in [0.3, 0.4) is 0 Å². The number of hydrazine groups is 1. The summed E-state index contributed by atoms with van der Waals surface area (Å²) in [6.45, 7) is -2.67. The van der Waals surface area contributed by atoms with Gasteiger partial charge in [-0.15, -0.1) is 0 Å². The third-order valence-corrected chi connectivity index (χ3v) is 4.48. The molecule has 0 saturated carbocycles. The fraction of sp³-hybridized carbons (Fsp3) is 0.368. The van der Waals surface area contributed by atoms with Crippen LogP contribution in [0.5, 0.6) is 0 Å². The SMILES string of the molecule is [2H]C([2H])([2H])C(=O)NC(Cc1c[nH]c2ccccc12)C(=O)NC(CCCNC(=N)N)C(=O)NN. The molecule has 0 aliphatic rings. The minimum Gasteiger partial charge on any atom is -0.370 e. The summed E-state index contributed by atoms with van der Waals surface area (Å²) in [5, 5.41) is 15.3. The molecular weight excluding hydrogens is 388 g/mol. The van der Waals surface area contributed by atoms with Gasteiger partial charge in [0.15, 0.2) is 5.96 Å². The van der Waals surface area contributed by atoms with Gasteiger partial charge in [-0.1, -0.05) is 18.2 Å². The summed E-state index contributed by atoms with van der Waals surface area (Å²) >= 11 is 0. The molecule has 0 radical (unpaired) electrons. The number of H-pyrrole nitrogens is 1. The number of hydrogen-bond donors (Lipinski definition) is 8. The van der Waals surface area contributed by atoms with Crippen LogP contribution in [0.15, 0.2) is 30.5 Å². The molecule has 11 nitrogen and oxygen atoms in total. The van der Waals surface area contributed by atoms with E-state index in [2.05, 4.69) is 20.9 Å². The van der Waals surface area contributed by atoms with Gasteiger partial charge in [0, 0.05) is 41.0 Å². The molecule has 1 aromatic carbocycles. The Labute approximate surface area is 178 Å². The van der Waals surface area contributed by atoms with E-state index in [0.29, 0.717) is 12.0 Å². The summed E-state index contributed by atoms with van der Waals surface area (Å²) in [5.74, 6) is 2.29. The molecule has 162 valence electrons. The van der Waals surface area contributed by atoms with Crippen molar-refractivity contribution in [3.63, 3.8) is 0 Å². The Balaban J connectivity index is 2.20. The van der Waals surface area contributed by atoms with Gasteiger partial charge in [-0.25, -0.2) is 5.84 Å². The van der Waals surface area contributed by atoms with Gasteiger partial charge in [0.1, 0.15) is 12.1 Å². The van der Waals surface area contributed by atoms with E-state index in [1.54, 1.807) is 6.20 Å². The molecule has 2 aromatic rings. The Morgan fingerprint density at radius 2 is 1.97 bits per heavy atom. The van der Waals surface area contributed by atoms with Crippen molar-refractivity contribution >= 4 is 34.6 Å². The Hall–Kier alpha value is -3.60. The molecule has 2 rings (SSSR count). The summed E-state index contributed by atoms with van der Waals surface area (Å²) in [7, 11) is 0. The lowest BCUT2D eigenvalue weighted by atomic mass is 10.0. The standard InChI is InChI=1S/C19H28N8O3/c1-11(28)25-16(9-12-10-24-14-6-3-2-5-13(12)14)17(29)26-15(18(30)27-22)7-4-8-23-19(20)21/h2-3,5-6,10,15-16,24H,4,7-9,22H2,1H3,(H,25,28)(H,26,29)(H,27,30)(H4,20,21,23)/i1D3. The van der Waals surface area contributed by atoms with Gasteiger partial charge in [-0.05, 0) is 24.5 Å². The number of carbonyl (C=O) groups excluding carboxylic acids is 3. The first-order valence-corrected chi connectivity index (χ1v) is 9.27. The van der Waals surface area contributed by atoms with Crippen LogP contribution in [-0.2, 0) is 20.8 Å². The zero-order valence-electron chi connectivity index (χ0n) is 19.2. The lowest BCUT2D eigenvalue weighted by Gasteiger charge is -2.22. The number of aromatic nitrogens is 1. The van der Waals surface area contributed by atoms with Crippen molar-refractivity contribution in [1.29, 1.82) is 5.41 Å². The number of carbonyl (C=O) groups is 3. The third kappa shape index (κ3) is 6.48. The highest BCUT2D eigenvalue weighted by atomic mass is 16.2. The summed E-state index contributed by atoms with van der Waals surface area (Å²) in [6.07, 6.45) is 2.18. The van der Waals surface area contributed by atoms with Crippen LogP contribution in [-0.4, -0.2) is 47.3 Å². The van der Waals surface area contributed by atoms with E-state index in [0.717, 1.165) is 10.9 Å². The average molecular weight is 420 g/mol. The Kier molecular flexibility index (Phi) is 6.64. The summed E-state index contributed by atoms with van der Waals surface area (Å²) in [4.78, 5) is 40.4. The minimum atomic E-state index is -2.95. The monoisotopic (exact) mass is 419 g/mol. The fourth-order valence-electron chi connectivity index (χ4n) is 3.06. The highest BCUT2D eigenvalue weighted by Gasteiger charge is 2.26. The normalized spacial score (nSPS) is 14.5. The molecule has 0 bridgehead atoms. The zero-order chi connectivity index (χ0) is 24.6. The number of hydrogen-bond acceptors (Lipinski definition) is 5. The fourth-order valence-corrected chi connectivity index (χ4v) is 3.06. The van der Waals surface area contributed by atoms with E-state index in [4.69, 9.17) is 21.1 Å². The Bertz CT molecular complexity index is 1010. The van der Waals surface area contributed by atoms with Crippen molar-refractivity contribution < 1.29 is 18.5 Å². The van der Waals surface area contributed by atoms with Crippen LogP contribution in [0.4, 0.5) is 0 Å². The number of aromatic amines is 1. The van der Waals surface area contributed by atoms with Gasteiger partial charge in [0.25, 0.3) is 5.91 Å². The second kappa shape index (κ2) is 10.8. The first kappa shape index (κ1) is 18.4. The molecule has 0 saturated heterocycles. The second-order valence-electron chi connectivity index (χ2n) is 6.64. The molecule has 1 heterocycles. The molecule has 30 heavy (non-hydrogen) atoms. The number of fused-ring (bicyclic) bond motifs is 1. The van der Waals surface area contributed by atoms with E-state index in [1.807, 2.05) is 29.7 Å². The van der Waals surface area contributed by atoms with Crippen molar-refractivity contribution in [1.82, 2.24) is 26.4 Å². The van der Waals surface area contributed by atoms with Crippen molar-refractivity contribution in [2.24, 2.45) is 11.6 Å². The maximum Gasteiger partial charge on any atom is 0.256 e. The van der Waals surface area contributed by atoms with Crippen LogP contribution >= 0.6 is 0 Å². The van der Waals surface area contributed by atoms with Crippen LogP contribution < -0.4 is 33.0 Å². The van der Waals surface area contributed by atoms with Gasteiger partial charge in [-0.3, -0.25) is 25.2 Å². The minimum absolute atomic E-state index is 0.0134. The summed E-state index contributed by atoms with van der Waals surface area (Å²) in [6, 6.07) is 5.00. The lowest BCUT2D eigenvalue weighted by molar-refractivity contribution is -0.131. The predicted octanol–water partition coefficient (Wildman–Crippen LogP) is -1.05. The highest BCUT2D eigenvalue weighted by Crippen LogP contribution is 2.19. The molecule has 2 atom stereocenters. The van der Waals surface area contributed by atoms with Crippen LogP contribution in [0, 0.1) is 5.41 Å². The maximum atomic E-state index is 13.0. The van der Waals surface area contributed by atoms with E-state index >= 15 is 0 Å². The van der Waals surface area contributed by atoms with Gasteiger partial charge in [0.2, 0.25) is 11.8 Å². The van der Waals surface area contributed by atoms with Gasteiger partial charge in [0.05, 0.1) is 0 Å². The topological polar surface area (TPSA) is 191 Å². The molecule has 0 aliphatic carbocycles. The highest BCUT2D eigenvalue weighted by molar-refractivity contribution is 5.92. The molecular formula is C19H28N8O3. The average Bonchev–Trinajstić information content (AvgIpc) is 3.16. The van der Waals surface area contributed by atoms with Crippen LogP contribution in [0.2, 0.25) is 0 Å². The predicted molar refractivity (Wildman–Crippen MR) is 113 cm³/mol. The number of benzene rings is 1. The van der Waals surface area contributed by atoms with Crippen LogP contribution in [0.25, 0.3) is 10.9 Å². The Morgan fingerprint density at radius 1 is 1.20 bits per heavy atom. The maximum absolute atomic E-state index is 13.0. The largest absolute Gasteiger partial charge is 0.370 e. The number of para-hydroxylation sites is 1. The molecule has 3 amide bonds. The summed E-state index contributed by atoms with van der Waals surface area (Å²) < 4.78 is 21.9. The summed E-state index contributed by atoms with van der Waals surface area (Å²) in [5.41, 5.74) is 8.68. The first-order valence-electron chi connectivity index (χ1n) is 10.8. The lowest BCUT2D eigenvalue weighted by Crippen LogP contribution is -2.55. The van der Waals surface area contributed by atoms with Crippen molar-refractivity contribution in [3.05, 3.63) is 36.0 Å². The van der Waals surface area contributed by atoms with E-state index in [1.165, 1.54) is 0 Å².